The predicted molar refractivity (Wildman–Crippen MR) is 84.6 cm³/mol. The Balaban J connectivity index is 2.11. The summed E-state index contributed by atoms with van der Waals surface area (Å²) >= 11 is 5.89. The zero-order chi connectivity index (χ0) is 14.8. The highest BCUT2D eigenvalue weighted by molar-refractivity contribution is 6.30. The Labute approximate surface area is 127 Å². The molecule has 3 nitrogen and oxygen atoms in total. The molecule has 0 amide bonds. The fraction of sp³-hybridized carbons (Fsp3) is 0. The monoisotopic (exact) mass is 294 g/mol. The summed E-state index contributed by atoms with van der Waals surface area (Å²) in [6.45, 7) is 0. The van der Waals surface area contributed by atoms with Gasteiger partial charge in [-0.15, -0.1) is 0 Å². The van der Waals surface area contributed by atoms with Crippen LogP contribution in [0.4, 0.5) is 5.69 Å². The van der Waals surface area contributed by atoms with Gasteiger partial charge in [0.15, 0.2) is 0 Å². The largest absolute Gasteiger partial charge is 0.455 e. The van der Waals surface area contributed by atoms with E-state index in [9.17, 15) is 0 Å². The molecule has 3 aromatic carbocycles. The zero-order valence-corrected chi connectivity index (χ0v) is 11.8. The van der Waals surface area contributed by atoms with E-state index in [1.54, 1.807) is 30.3 Å². The van der Waals surface area contributed by atoms with Crippen molar-refractivity contribution >= 4 is 28.1 Å². The number of benzene rings is 3. The summed E-state index contributed by atoms with van der Waals surface area (Å²) in [5.41, 5.74) is 7.05. The number of nitrogen functional groups attached to an aromatic ring is 1. The molecule has 0 aromatic heterocycles. The molecule has 0 aliphatic heterocycles. The van der Waals surface area contributed by atoms with E-state index in [0.717, 1.165) is 10.8 Å². The van der Waals surface area contributed by atoms with Crippen LogP contribution < -0.4 is 10.5 Å². The molecule has 21 heavy (non-hydrogen) atoms. The van der Waals surface area contributed by atoms with Crippen molar-refractivity contribution in [3.8, 4) is 17.6 Å². The molecule has 0 atom stereocenters. The van der Waals surface area contributed by atoms with Crippen LogP contribution in [0.15, 0.2) is 54.6 Å². The smallest absolute Gasteiger partial charge is 0.145 e. The Morgan fingerprint density at radius 1 is 0.952 bits per heavy atom. The third-order valence-corrected chi connectivity index (χ3v) is 3.43. The minimum atomic E-state index is 0.392. The SMILES string of the molecule is N#Cc1cc(Cl)ccc1Oc1ccc(N)c2ccccc12. The van der Waals surface area contributed by atoms with Crippen LogP contribution in [0.1, 0.15) is 5.56 Å². The summed E-state index contributed by atoms with van der Waals surface area (Å²) in [5, 5.41) is 11.5. The van der Waals surface area contributed by atoms with Crippen LogP contribution in [-0.4, -0.2) is 0 Å². The lowest BCUT2D eigenvalue weighted by molar-refractivity contribution is 0.487. The second kappa shape index (κ2) is 5.35. The Morgan fingerprint density at radius 3 is 2.43 bits per heavy atom. The third kappa shape index (κ3) is 2.49. The highest BCUT2D eigenvalue weighted by Crippen LogP contribution is 2.34. The number of nitrogens with zero attached hydrogens (tertiary/aromatic N) is 1. The normalized spacial score (nSPS) is 10.3. The van der Waals surface area contributed by atoms with Crippen LogP contribution in [0.2, 0.25) is 5.02 Å². The molecule has 0 saturated carbocycles. The van der Waals surface area contributed by atoms with Crippen LogP contribution in [0.5, 0.6) is 11.5 Å². The number of anilines is 1. The molecule has 2 N–H and O–H groups in total. The predicted octanol–water partition coefficient (Wildman–Crippen LogP) is 4.74. The van der Waals surface area contributed by atoms with Crippen molar-refractivity contribution in [2.75, 3.05) is 5.73 Å². The number of ether oxygens (including phenoxy) is 1. The van der Waals surface area contributed by atoms with Crippen molar-refractivity contribution < 1.29 is 4.74 Å². The van der Waals surface area contributed by atoms with Crippen LogP contribution in [0.25, 0.3) is 10.8 Å². The second-order valence-corrected chi connectivity index (χ2v) is 4.99. The molecule has 0 heterocycles. The molecule has 0 spiro atoms. The molecule has 4 heteroatoms. The summed E-state index contributed by atoms with van der Waals surface area (Å²) in [6.07, 6.45) is 0. The van der Waals surface area contributed by atoms with E-state index in [-0.39, 0.29) is 0 Å². The van der Waals surface area contributed by atoms with Crippen LogP contribution in [0.3, 0.4) is 0 Å². The average Bonchev–Trinajstić information content (AvgIpc) is 2.52. The van der Waals surface area contributed by atoms with Crippen molar-refractivity contribution in [1.29, 1.82) is 5.26 Å². The van der Waals surface area contributed by atoms with Crippen molar-refractivity contribution in [2.45, 2.75) is 0 Å². The van der Waals surface area contributed by atoms with Crippen molar-refractivity contribution in [1.82, 2.24) is 0 Å². The molecule has 0 saturated heterocycles. The topological polar surface area (TPSA) is 59.0 Å². The first kappa shape index (κ1) is 13.3. The highest BCUT2D eigenvalue weighted by Gasteiger charge is 2.09. The number of fused-ring (bicyclic) bond motifs is 1. The Kier molecular flexibility index (Phi) is 3.39. The first-order chi connectivity index (χ1) is 10.2. The van der Waals surface area contributed by atoms with Crippen LogP contribution in [-0.2, 0) is 0 Å². The van der Waals surface area contributed by atoms with Gasteiger partial charge in [0.1, 0.15) is 17.6 Å². The van der Waals surface area contributed by atoms with Crippen molar-refractivity contribution in [3.63, 3.8) is 0 Å². The van der Waals surface area contributed by atoms with E-state index in [4.69, 9.17) is 27.3 Å². The van der Waals surface area contributed by atoms with Gasteiger partial charge in [0.05, 0.1) is 5.56 Å². The van der Waals surface area contributed by atoms with E-state index >= 15 is 0 Å². The second-order valence-electron chi connectivity index (χ2n) is 4.55. The van der Waals surface area contributed by atoms with Gasteiger partial charge in [-0.2, -0.15) is 5.26 Å². The van der Waals surface area contributed by atoms with Gasteiger partial charge in [-0.05, 0) is 30.3 Å². The minimum absolute atomic E-state index is 0.392. The lowest BCUT2D eigenvalue weighted by atomic mass is 10.1. The number of nitrogens with two attached hydrogens (primary N) is 1. The third-order valence-electron chi connectivity index (χ3n) is 3.20. The quantitative estimate of drug-likeness (QED) is 0.694. The minimum Gasteiger partial charge on any atom is -0.455 e. The number of rotatable bonds is 2. The van der Waals surface area contributed by atoms with E-state index in [2.05, 4.69) is 6.07 Å². The van der Waals surface area contributed by atoms with Gasteiger partial charge in [-0.3, -0.25) is 0 Å². The first-order valence-corrected chi connectivity index (χ1v) is 6.71. The maximum atomic E-state index is 9.17. The maximum Gasteiger partial charge on any atom is 0.145 e. The van der Waals surface area contributed by atoms with E-state index in [1.165, 1.54) is 0 Å². The van der Waals surface area contributed by atoms with Gasteiger partial charge in [0.2, 0.25) is 0 Å². The molecule has 3 rings (SSSR count). The summed E-state index contributed by atoms with van der Waals surface area (Å²) in [7, 11) is 0. The van der Waals surface area contributed by atoms with Gasteiger partial charge in [0, 0.05) is 21.5 Å². The van der Waals surface area contributed by atoms with Crippen molar-refractivity contribution in [3.05, 3.63) is 65.2 Å². The van der Waals surface area contributed by atoms with Crippen LogP contribution >= 0.6 is 11.6 Å². The number of halogens is 1. The molecule has 0 unspecified atom stereocenters. The van der Waals surface area contributed by atoms with Crippen LogP contribution in [0, 0.1) is 11.3 Å². The van der Waals surface area contributed by atoms with Gasteiger partial charge in [0.25, 0.3) is 0 Å². The lowest BCUT2D eigenvalue weighted by Gasteiger charge is -2.11. The van der Waals surface area contributed by atoms with E-state index in [1.807, 2.05) is 24.3 Å². The molecule has 0 bridgehead atoms. The Morgan fingerprint density at radius 2 is 1.67 bits per heavy atom. The Bertz CT molecular complexity index is 868. The number of nitriles is 1. The van der Waals surface area contributed by atoms with Gasteiger partial charge in [-0.25, -0.2) is 0 Å². The molecule has 0 radical (unpaired) electrons. The highest BCUT2D eigenvalue weighted by atomic mass is 35.5. The first-order valence-electron chi connectivity index (χ1n) is 6.34. The van der Waals surface area contributed by atoms with Gasteiger partial charge in [-0.1, -0.05) is 35.9 Å². The Hall–Kier alpha value is -2.70. The van der Waals surface area contributed by atoms with Crippen molar-refractivity contribution in [2.24, 2.45) is 0 Å². The summed E-state index contributed by atoms with van der Waals surface area (Å²) in [6, 6.07) is 18.3. The van der Waals surface area contributed by atoms with Gasteiger partial charge < -0.3 is 10.5 Å². The van der Waals surface area contributed by atoms with Gasteiger partial charge >= 0.3 is 0 Å². The number of hydrogen-bond donors (Lipinski definition) is 1. The summed E-state index contributed by atoms with van der Waals surface area (Å²) < 4.78 is 5.89. The molecule has 0 aliphatic carbocycles. The average molecular weight is 295 g/mol. The van der Waals surface area contributed by atoms with E-state index < -0.39 is 0 Å². The summed E-state index contributed by atoms with van der Waals surface area (Å²) in [5.74, 6) is 1.12. The molecular formula is C17H11ClN2O. The molecule has 102 valence electrons. The number of hydrogen-bond acceptors (Lipinski definition) is 3. The molecular weight excluding hydrogens is 284 g/mol. The van der Waals surface area contributed by atoms with E-state index in [0.29, 0.717) is 27.8 Å². The molecule has 0 aliphatic rings. The fourth-order valence-electron chi connectivity index (χ4n) is 2.18. The standard InChI is InChI=1S/C17H11ClN2O/c18-12-5-7-16(11(9-12)10-19)21-17-8-6-15(20)13-3-1-2-4-14(13)17/h1-9H,20H2. The molecule has 3 aromatic rings. The lowest BCUT2D eigenvalue weighted by Crippen LogP contribution is -1.92. The fourth-order valence-corrected chi connectivity index (χ4v) is 2.35. The zero-order valence-electron chi connectivity index (χ0n) is 11.0. The molecule has 0 fully saturated rings. The maximum absolute atomic E-state index is 9.17. The summed E-state index contributed by atoms with van der Waals surface area (Å²) in [4.78, 5) is 0.